The second-order valence-corrected chi connectivity index (χ2v) is 6.34. The highest BCUT2D eigenvalue weighted by Crippen LogP contribution is 2.32. The molecule has 122 valence electrons. The molecular weight excluding hydrogens is 300 g/mol. The molecule has 1 fully saturated rings. The summed E-state index contributed by atoms with van der Waals surface area (Å²) >= 11 is 1.70. The second kappa shape index (κ2) is 8.78. The van der Waals surface area contributed by atoms with Crippen molar-refractivity contribution < 1.29 is 14.3 Å². The fourth-order valence-corrected chi connectivity index (χ4v) is 3.61. The third kappa shape index (κ3) is 4.73. The minimum atomic E-state index is -0.270. The highest BCUT2D eigenvalue weighted by atomic mass is 32.1. The third-order valence-electron chi connectivity index (χ3n) is 3.80. The summed E-state index contributed by atoms with van der Waals surface area (Å²) in [5.74, 6) is -0.270. The summed E-state index contributed by atoms with van der Waals surface area (Å²) in [4.78, 5) is 26.9. The van der Waals surface area contributed by atoms with E-state index in [9.17, 15) is 9.59 Å². The number of hydrogen-bond donors (Lipinski definition) is 1. The van der Waals surface area contributed by atoms with Crippen LogP contribution in [0, 0.1) is 0 Å². The Balaban J connectivity index is 1.91. The van der Waals surface area contributed by atoms with Gasteiger partial charge in [-0.1, -0.05) is 18.9 Å². The Morgan fingerprint density at radius 2 is 2.27 bits per heavy atom. The van der Waals surface area contributed by atoms with Gasteiger partial charge in [-0.25, -0.2) is 4.79 Å². The van der Waals surface area contributed by atoms with Crippen LogP contribution < -0.4 is 5.32 Å². The van der Waals surface area contributed by atoms with Gasteiger partial charge in [-0.05, 0) is 31.2 Å². The van der Waals surface area contributed by atoms with Gasteiger partial charge in [-0.2, -0.15) is 0 Å². The first-order chi connectivity index (χ1) is 10.7. The Hall–Kier alpha value is -1.56. The van der Waals surface area contributed by atoms with E-state index in [2.05, 4.69) is 16.8 Å². The van der Waals surface area contributed by atoms with Crippen LogP contribution in [0.3, 0.4) is 0 Å². The lowest BCUT2D eigenvalue weighted by molar-refractivity contribution is -0.142. The summed E-state index contributed by atoms with van der Waals surface area (Å²) in [5.41, 5.74) is 0. The van der Waals surface area contributed by atoms with Gasteiger partial charge in [0.2, 0.25) is 0 Å². The van der Waals surface area contributed by atoms with Crippen molar-refractivity contribution in [1.29, 1.82) is 0 Å². The average molecular weight is 324 g/mol. The van der Waals surface area contributed by atoms with E-state index in [4.69, 9.17) is 4.74 Å². The van der Waals surface area contributed by atoms with Crippen LogP contribution in [0.25, 0.3) is 0 Å². The van der Waals surface area contributed by atoms with Crippen molar-refractivity contribution in [3.05, 3.63) is 22.4 Å². The molecule has 1 aromatic rings. The molecule has 22 heavy (non-hydrogen) atoms. The topological polar surface area (TPSA) is 58.6 Å². The molecule has 1 N–H and O–H groups in total. The van der Waals surface area contributed by atoms with E-state index in [1.807, 2.05) is 11.0 Å². The summed E-state index contributed by atoms with van der Waals surface area (Å²) in [6, 6.07) is 4.20. The number of nitrogens with one attached hydrogen (secondary N) is 1. The van der Waals surface area contributed by atoms with Crippen molar-refractivity contribution in [2.45, 2.75) is 45.1 Å². The van der Waals surface area contributed by atoms with Crippen molar-refractivity contribution in [2.24, 2.45) is 0 Å². The summed E-state index contributed by atoms with van der Waals surface area (Å²) in [5, 5.41) is 4.90. The maximum atomic E-state index is 12.5. The maximum Gasteiger partial charge on any atom is 0.317 e. The third-order valence-corrected chi connectivity index (χ3v) is 4.77. The number of esters is 1. The molecule has 0 saturated carbocycles. The van der Waals surface area contributed by atoms with E-state index in [1.54, 1.807) is 18.3 Å². The van der Waals surface area contributed by atoms with Crippen LogP contribution in [-0.4, -0.2) is 36.6 Å². The Morgan fingerprint density at radius 1 is 1.41 bits per heavy atom. The van der Waals surface area contributed by atoms with Gasteiger partial charge in [0, 0.05) is 18.0 Å². The lowest BCUT2D eigenvalue weighted by atomic mass is 10.1. The Kier molecular flexibility index (Phi) is 6.71. The molecule has 1 aliphatic heterocycles. The largest absolute Gasteiger partial charge is 0.466 e. The summed E-state index contributed by atoms with van der Waals surface area (Å²) in [6.45, 7) is 3.25. The number of ether oxygens (including phenoxy) is 1. The lowest BCUT2D eigenvalue weighted by Crippen LogP contribution is -2.42. The summed E-state index contributed by atoms with van der Waals surface area (Å²) < 4.78 is 4.87. The van der Waals surface area contributed by atoms with Crippen LogP contribution in [0.4, 0.5) is 4.79 Å². The quantitative estimate of drug-likeness (QED) is 0.845. The number of amides is 2. The van der Waals surface area contributed by atoms with Gasteiger partial charge in [-0.3, -0.25) is 4.79 Å². The van der Waals surface area contributed by atoms with Crippen molar-refractivity contribution in [3.63, 3.8) is 0 Å². The number of carbonyl (C=O) groups excluding carboxylic acids is 2. The lowest BCUT2D eigenvalue weighted by Gasteiger charge is -2.29. The smallest absolute Gasteiger partial charge is 0.317 e. The molecule has 1 saturated heterocycles. The molecular formula is C16H24N2O3S. The van der Waals surface area contributed by atoms with E-state index in [0.717, 1.165) is 32.2 Å². The van der Waals surface area contributed by atoms with Crippen LogP contribution in [-0.2, 0) is 9.53 Å². The molecule has 1 aliphatic rings. The van der Waals surface area contributed by atoms with E-state index in [-0.39, 0.29) is 24.5 Å². The molecule has 5 nitrogen and oxygen atoms in total. The number of likely N-dealkylation sites (tertiary alicyclic amines) is 1. The van der Waals surface area contributed by atoms with Crippen molar-refractivity contribution in [2.75, 3.05) is 19.7 Å². The predicted octanol–water partition coefficient (Wildman–Crippen LogP) is 3.33. The molecule has 1 unspecified atom stereocenters. The van der Waals surface area contributed by atoms with Gasteiger partial charge in [0.05, 0.1) is 19.1 Å². The van der Waals surface area contributed by atoms with E-state index >= 15 is 0 Å². The number of urea groups is 1. The molecule has 0 spiro atoms. The summed E-state index contributed by atoms with van der Waals surface area (Å²) in [6.07, 6.45) is 4.57. The monoisotopic (exact) mass is 324 g/mol. The molecule has 1 atom stereocenters. The molecule has 2 amide bonds. The molecule has 2 heterocycles. The van der Waals surface area contributed by atoms with Crippen molar-refractivity contribution in [3.8, 4) is 0 Å². The first-order valence-corrected chi connectivity index (χ1v) is 8.84. The highest BCUT2D eigenvalue weighted by Gasteiger charge is 2.27. The van der Waals surface area contributed by atoms with E-state index in [0.29, 0.717) is 13.2 Å². The molecule has 2 rings (SSSR count). The molecule has 0 bridgehead atoms. The van der Waals surface area contributed by atoms with Crippen LogP contribution in [0.5, 0.6) is 0 Å². The fourth-order valence-electron chi connectivity index (χ4n) is 2.73. The molecule has 0 radical (unpaired) electrons. The number of nitrogens with zero attached hydrogens (tertiary/aromatic N) is 1. The first-order valence-electron chi connectivity index (χ1n) is 7.96. The zero-order chi connectivity index (χ0) is 15.8. The fraction of sp³-hybridized carbons (Fsp3) is 0.625. The second-order valence-electron chi connectivity index (χ2n) is 5.36. The van der Waals surface area contributed by atoms with Gasteiger partial charge in [0.15, 0.2) is 0 Å². The van der Waals surface area contributed by atoms with Crippen LogP contribution in [0.1, 0.15) is 49.9 Å². The molecule has 1 aromatic heterocycles. The van der Waals surface area contributed by atoms with Crippen LogP contribution in [0.2, 0.25) is 0 Å². The maximum absolute atomic E-state index is 12.5. The summed E-state index contributed by atoms with van der Waals surface area (Å²) in [7, 11) is 0. The zero-order valence-corrected chi connectivity index (χ0v) is 13.9. The zero-order valence-electron chi connectivity index (χ0n) is 13.0. The van der Waals surface area contributed by atoms with E-state index < -0.39 is 0 Å². The molecule has 0 aliphatic carbocycles. The van der Waals surface area contributed by atoms with Gasteiger partial charge < -0.3 is 15.0 Å². The van der Waals surface area contributed by atoms with Gasteiger partial charge in [0.25, 0.3) is 0 Å². The normalized spacial score (nSPS) is 18.6. The number of rotatable bonds is 5. The van der Waals surface area contributed by atoms with Crippen LogP contribution in [0.15, 0.2) is 17.5 Å². The predicted molar refractivity (Wildman–Crippen MR) is 86.9 cm³/mol. The number of hydrogen-bond acceptors (Lipinski definition) is 4. The van der Waals surface area contributed by atoms with Crippen molar-refractivity contribution >= 4 is 23.3 Å². The standard InChI is InChI=1S/C16H24N2O3S/c1-2-21-15(19)9-10-17-16(20)18-11-5-3-4-7-13(18)14-8-6-12-22-14/h6,8,12-13H,2-5,7,9-11H2,1H3,(H,17,20). The first kappa shape index (κ1) is 16.8. The van der Waals surface area contributed by atoms with Gasteiger partial charge in [-0.15, -0.1) is 11.3 Å². The SMILES string of the molecule is CCOC(=O)CCNC(=O)N1CCCCCC1c1cccs1. The minimum Gasteiger partial charge on any atom is -0.466 e. The van der Waals surface area contributed by atoms with Crippen molar-refractivity contribution in [1.82, 2.24) is 10.2 Å². The Morgan fingerprint density at radius 3 is 3.00 bits per heavy atom. The Labute approximate surface area is 135 Å². The molecule has 6 heteroatoms. The van der Waals surface area contributed by atoms with E-state index in [1.165, 1.54) is 4.88 Å². The minimum absolute atomic E-state index is 0.0791. The molecule has 0 aromatic carbocycles. The number of carbonyl (C=O) groups is 2. The van der Waals surface area contributed by atoms with Crippen LogP contribution >= 0.6 is 11.3 Å². The highest BCUT2D eigenvalue weighted by molar-refractivity contribution is 7.10. The Bertz CT molecular complexity index is 476. The van der Waals surface area contributed by atoms with Gasteiger partial charge in [0.1, 0.15) is 0 Å². The van der Waals surface area contributed by atoms with Gasteiger partial charge >= 0.3 is 12.0 Å². The number of thiophene rings is 1. The average Bonchev–Trinajstić information content (AvgIpc) is 2.91.